The van der Waals surface area contributed by atoms with Crippen molar-refractivity contribution in [3.05, 3.63) is 22.3 Å². The number of nitrogens with one attached hydrogen (secondary N) is 1. The van der Waals surface area contributed by atoms with E-state index in [-0.39, 0.29) is 28.0 Å². The Morgan fingerprint density at radius 3 is 2.94 bits per heavy atom. The molecule has 1 saturated heterocycles. The van der Waals surface area contributed by atoms with Crippen LogP contribution >= 0.6 is 34.9 Å². The lowest BCUT2D eigenvalue weighted by atomic mass is 10.0. The van der Waals surface area contributed by atoms with E-state index in [1.54, 1.807) is 13.1 Å². The van der Waals surface area contributed by atoms with Gasteiger partial charge in [0.05, 0.1) is 0 Å². The molecule has 2 aliphatic rings. The van der Waals surface area contributed by atoms with E-state index in [0.29, 0.717) is 16.5 Å². The number of thiazole rings is 1. The fourth-order valence-corrected chi connectivity index (χ4v) is 6.11. The molecule has 2 aromatic heterocycles. The molecule has 0 radical (unpaired) electrons. The predicted molar refractivity (Wildman–Crippen MR) is 124 cm³/mol. The van der Waals surface area contributed by atoms with Gasteiger partial charge in [-0.2, -0.15) is 5.26 Å². The Hall–Kier alpha value is -3.69. The van der Waals surface area contributed by atoms with Gasteiger partial charge in [-0.25, -0.2) is 14.5 Å². The number of hydrogen-bond donors (Lipinski definition) is 3. The molecular formula is C17H16N10O5S3. The first-order valence-electron chi connectivity index (χ1n) is 9.66. The molecular weight excluding hydrogens is 520 g/mol. The first-order chi connectivity index (χ1) is 16.8. The van der Waals surface area contributed by atoms with Crippen LogP contribution in [-0.4, -0.2) is 88.2 Å². The maximum atomic E-state index is 12.9. The largest absolute Gasteiger partial charge is 0.477 e. The van der Waals surface area contributed by atoms with E-state index in [1.807, 2.05) is 0 Å². The number of thioether (sulfide) groups is 2. The zero-order valence-corrected chi connectivity index (χ0v) is 20.3. The SMILES string of the molecule is Cn1nnnc1SCC1=C(C(=O)O)N2C(=O)C(NC(=O)/C(=N/OCC#N)c3csc(N)n3)[C@H]2SC1. The lowest BCUT2D eigenvalue weighted by Gasteiger charge is -2.49. The Kier molecular flexibility index (Phi) is 7.18. The zero-order chi connectivity index (χ0) is 25.1. The summed E-state index contributed by atoms with van der Waals surface area (Å²) in [5.74, 6) is -2.00. The summed E-state index contributed by atoms with van der Waals surface area (Å²) >= 11 is 3.64. The average Bonchev–Trinajstić information content (AvgIpc) is 3.45. The number of nitrogens with two attached hydrogens (primary N) is 1. The summed E-state index contributed by atoms with van der Waals surface area (Å²) in [6, 6.07) is 0.736. The van der Waals surface area contributed by atoms with E-state index in [1.165, 1.54) is 33.6 Å². The summed E-state index contributed by atoms with van der Waals surface area (Å²) in [6.07, 6.45) is 0. The maximum Gasteiger partial charge on any atom is 0.352 e. The average molecular weight is 537 g/mol. The molecule has 1 fully saturated rings. The topological polar surface area (TPSA) is 215 Å². The highest BCUT2D eigenvalue weighted by molar-refractivity contribution is 8.01. The minimum absolute atomic E-state index is 0.117. The number of carboxylic acids is 1. The molecule has 2 amide bonds. The first kappa shape index (κ1) is 24.4. The first-order valence-corrected chi connectivity index (χ1v) is 12.6. The third kappa shape index (κ3) is 4.91. The summed E-state index contributed by atoms with van der Waals surface area (Å²) in [4.78, 5) is 47.8. The van der Waals surface area contributed by atoms with Crippen LogP contribution in [0.25, 0.3) is 0 Å². The molecule has 0 aromatic carbocycles. The molecule has 18 heteroatoms. The Bertz CT molecular complexity index is 1280. The van der Waals surface area contributed by atoms with Crippen LogP contribution in [-0.2, 0) is 26.3 Å². The lowest BCUT2D eigenvalue weighted by Crippen LogP contribution is -2.71. The molecule has 2 aliphatic heterocycles. The second-order valence-electron chi connectivity index (χ2n) is 6.93. The molecule has 4 N–H and O–H groups in total. The molecule has 2 atom stereocenters. The van der Waals surface area contributed by atoms with Crippen LogP contribution in [0.1, 0.15) is 5.69 Å². The summed E-state index contributed by atoms with van der Waals surface area (Å²) in [5.41, 5.74) is 5.90. The second kappa shape index (κ2) is 10.3. The Morgan fingerprint density at radius 2 is 2.31 bits per heavy atom. The van der Waals surface area contributed by atoms with Gasteiger partial charge >= 0.3 is 5.97 Å². The Labute approximate surface area is 209 Å². The van der Waals surface area contributed by atoms with E-state index in [4.69, 9.17) is 15.8 Å². The van der Waals surface area contributed by atoms with Crippen LogP contribution < -0.4 is 11.1 Å². The monoisotopic (exact) mass is 536 g/mol. The summed E-state index contributed by atoms with van der Waals surface area (Å²) in [7, 11) is 1.66. The smallest absolute Gasteiger partial charge is 0.352 e. The lowest BCUT2D eigenvalue weighted by molar-refractivity contribution is -0.150. The van der Waals surface area contributed by atoms with E-state index < -0.39 is 35.8 Å². The third-order valence-electron chi connectivity index (χ3n) is 4.76. The van der Waals surface area contributed by atoms with Gasteiger partial charge in [0, 0.05) is 23.9 Å². The number of nitriles is 1. The number of carbonyl (C=O) groups is 3. The van der Waals surface area contributed by atoms with Gasteiger partial charge in [0.15, 0.2) is 10.8 Å². The predicted octanol–water partition coefficient (Wildman–Crippen LogP) is -0.976. The van der Waals surface area contributed by atoms with Crippen LogP contribution in [0.2, 0.25) is 0 Å². The van der Waals surface area contributed by atoms with Crippen LogP contribution in [0, 0.1) is 11.3 Å². The number of aryl methyl sites for hydroxylation is 1. The van der Waals surface area contributed by atoms with Crippen molar-refractivity contribution in [2.24, 2.45) is 12.2 Å². The molecule has 0 saturated carbocycles. The van der Waals surface area contributed by atoms with E-state index >= 15 is 0 Å². The molecule has 0 spiro atoms. The number of oxime groups is 1. The summed E-state index contributed by atoms with van der Waals surface area (Å²) < 4.78 is 1.46. The highest BCUT2D eigenvalue weighted by Gasteiger charge is 2.54. The molecule has 0 bridgehead atoms. The number of hydrogen-bond acceptors (Lipinski definition) is 14. The standard InChI is InChI=1S/C17H16N10O5S3/c1-26-17(22-24-25-26)35-5-7-4-33-14-10(13(29)27(14)11(7)15(30)31)21-12(28)9(23-32-3-2-18)8-6-34-16(19)20-8/h6,10,14H,3-5H2,1H3,(H2,19,20)(H,21,28)(H,30,31)/b23-9+/t10?,14-/m1/s1. The summed E-state index contributed by atoms with van der Waals surface area (Å²) in [5, 5.41) is 37.4. The molecule has 4 rings (SSSR count). The van der Waals surface area contributed by atoms with Gasteiger partial charge in [-0.3, -0.25) is 14.5 Å². The van der Waals surface area contributed by atoms with Gasteiger partial charge in [-0.05, 0) is 16.0 Å². The molecule has 2 aromatic rings. The van der Waals surface area contributed by atoms with E-state index in [2.05, 4.69) is 31.0 Å². The Morgan fingerprint density at radius 1 is 1.51 bits per heavy atom. The van der Waals surface area contributed by atoms with Crippen LogP contribution in [0.4, 0.5) is 5.13 Å². The van der Waals surface area contributed by atoms with Crippen LogP contribution in [0.3, 0.4) is 0 Å². The minimum Gasteiger partial charge on any atom is -0.477 e. The van der Waals surface area contributed by atoms with Gasteiger partial charge in [-0.1, -0.05) is 16.9 Å². The number of carboxylic acid groups (broad SMARTS) is 1. The van der Waals surface area contributed by atoms with Crippen LogP contribution in [0.15, 0.2) is 27.0 Å². The van der Waals surface area contributed by atoms with Crippen molar-refractivity contribution >= 4 is 63.5 Å². The van der Waals surface area contributed by atoms with Crippen molar-refractivity contribution in [2.75, 3.05) is 23.8 Å². The van der Waals surface area contributed by atoms with Crippen LogP contribution in [0.5, 0.6) is 0 Å². The van der Waals surface area contributed by atoms with E-state index in [0.717, 1.165) is 16.2 Å². The third-order valence-corrected chi connectivity index (χ3v) is 7.87. The van der Waals surface area contributed by atoms with E-state index in [9.17, 15) is 19.5 Å². The quantitative estimate of drug-likeness (QED) is 0.116. The fourth-order valence-electron chi connectivity index (χ4n) is 3.23. The van der Waals surface area contributed by atoms with Gasteiger partial charge in [0.1, 0.15) is 28.9 Å². The van der Waals surface area contributed by atoms with Crippen molar-refractivity contribution in [2.45, 2.75) is 16.6 Å². The number of aromatic nitrogens is 5. The fraction of sp³-hybridized carbons (Fsp3) is 0.353. The van der Waals surface area contributed by atoms with Gasteiger partial charge < -0.3 is 21.0 Å². The highest BCUT2D eigenvalue weighted by atomic mass is 32.2. The zero-order valence-electron chi connectivity index (χ0n) is 17.8. The number of nitrogen functional groups attached to an aromatic ring is 1. The normalized spacial score (nSPS) is 19.6. The number of amides is 2. The van der Waals surface area contributed by atoms with Crippen molar-refractivity contribution in [3.63, 3.8) is 0 Å². The van der Waals surface area contributed by atoms with Gasteiger partial charge in [-0.15, -0.1) is 28.2 Å². The minimum atomic E-state index is -1.25. The number of aliphatic carboxylic acids is 1. The number of β-lactam (4-membered cyclic amide) rings is 1. The molecule has 4 heterocycles. The Balaban J connectivity index is 1.49. The highest BCUT2D eigenvalue weighted by Crippen LogP contribution is 2.41. The maximum absolute atomic E-state index is 12.9. The van der Waals surface area contributed by atoms with Crippen molar-refractivity contribution < 1.29 is 24.3 Å². The molecule has 35 heavy (non-hydrogen) atoms. The van der Waals surface area contributed by atoms with Gasteiger partial charge in [0.2, 0.25) is 11.8 Å². The van der Waals surface area contributed by atoms with Crippen molar-refractivity contribution in [3.8, 4) is 6.07 Å². The number of carbonyl (C=O) groups excluding carboxylic acids is 2. The number of fused-ring (bicyclic) bond motifs is 1. The number of anilines is 1. The number of tetrazole rings is 1. The molecule has 0 aliphatic carbocycles. The number of nitrogens with zero attached hydrogens (tertiary/aromatic N) is 8. The van der Waals surface area contributed by atoms with Crippen molar-refractivity contribution in [1.82, 2.24) is 35.4 Å². The molecule has 1 unspecified atom stereocenters. The second-order valence-corrected chi connectivity index (χ2v) is 9.87. The summed E-state index contributed by atoms with van der Waals surface area (Å²) in [6.45, 7) is -0.400. The van der Waals surface area contributed by atoms with Gasteiger partial charge in [0.25, 0.3) is 11.8 Å². The van der Waals surface area contributed by atoms with Crippen molar-refractivity contribution in [1.29, 1.82) is 5.26 Å². The number of rotatable bonds is 9. The molecule has 182 valence electrons. The molecule has 15 nitrogen and oxygen atoms in total.